The summed E-state index contributed by atoms with van der Waals surface area (Å²) in [7, 11) is 5.56. The fraction of sp³-hybridized carbons (Fsp3) is 0.471. The van der Waals surface area contributed by atoms with Gasteiger partial charge in [-0.25, -0.2) is 0 Å². The van der Waals surface area contributed by atoms with Crippen molar-refractivity contribution < 1.29 is 4.74 Å². The monoisotopic (exact) mass is 417 g/mol. The molecule has 22 heavy (non-hydrogen) atoms. The third-order valence-electron chi connectivity index (χ3n) is 3.33. The number of allylic oxidation sites excluding steroid dienone is 1. The summed E-state index contributed by atoms with van der Waals surface area (Å²) in [4.78, 5) is 6.46. The van der Waals surface area contributed by atoms with Crippen molar-refractivity contribution in [3.8, 4) is 5.75 Å². The average molecular weight is 417 g/mol. The minimum Gasteiger partial charge on any atom is -0.497 e. The predicted octanol–water partition coefficient (Wildman–Crippen LogP) is 3.33. The molecular weight excluding hydrogens is 389 g/mol. The lowest BCUT2D eigenvalue weighted by Gasteiger charge is -2.21. The summed E-state index contributed by atoms with van der Waals surface area (Å²) >= 11 is 0. The molecule has 0 bridgehead atoms. The lowest BCUT2D eigenvalue weighted by molar-refractivity contribution is 0.414. The van der Waals surface area contributed by atoms with Crippen molar-refractivity contribution in [2.45, 2.75) is 19.3 Å². The van der Waals surface area contributed by atoms with E-state index in [9.17, 15) is 0 Å². The van der Waals surface area contributed by atoms with Gasteiger partial charge in [0.05, 0.1) is 7.11 Å². The second kappa shape index (κ2) is 12.3. The molecule has 0 amide bonds. The second-order valence-electron chi connectivity index (χ2n) is 4.92. The Morgan fingerprint density at radius 1 is 1.36 bits per heavy atom. The largest absolute Gasteiger partial charge is 0.497 e. The van der Waals surface area contributed by atoms with Gasteiger partial charge in [-0.3, -0.25) is 4.99 Å². The van der Waals surface area contributed by atoms with E-state index in [1.54, 1.807) is 7.11 Å². The summed E-state index contributed by atoms with van der Waals surface area (Å²) in [5, 5.41) is 3.39. The number of hydrogen-bond acceptors (Lipinski definition) is 2. The van der Waals surface area contributed by atoms with Crippen LogP contribution in [0.3, 0.4) is 0 Å². The van der Waals surface area contributed by atoms with Gasteiger partial charge in [-0.05, 0) is 37.0 Å². The molecule has 124 valence electrons. The van der Waals surface area contributed by atoms with Gasteiger partial charge in [0.2, 0.25) is 0 Å². The molecule has 0 aliphatic carbocycles. The number of rotatable bonds is 8. The molecule has 0 saturated heterocycles. The van der Waals surface area contributed by atoms with Crippen molar-refractivity contribution >= 4 is 29.9 Å². The molecule has 4 nitrogen and oxygen atoms in total. The van der Waals surface area contributed by atoms with Crippen LogP contribution < -0.4 is 10.1 Å². The minimum atomic E-state index is 0. The summed E-state index contributed by atoms with van der Waals surface area (Å²) in [5.41, 5.74) is 1.29. The van der Waals surface area contributed by atoms with Crippen LogP contribution in [0.2, 0.25) is 0 Å². The van der Waals surface area contributed by atoms with Gasteiger partial charge in [-0.15, -0.1) is 30.6 Å². The fourth-order valence-corrected chi connectivity index (χ4v) is 2.07. The number of nitrogens with zero attached hydrogens (tertiary/aromatic N) is 2. The van der Waals surface area contributed by atoms with Crippen molar-refractivity contribution in [1.82, 2.24) is 10.2 Å². The molecule has 0 radical (unpaired) electrons. The number of benzene rings is 1. The van der Waals surface area contributed by atoms with Gasteiger partial charge in [0.1, 0.15) is 5.75 Å². The molecule has 1 N–H and O–H groups in total. The topological polar surface area (TPSA) is 36.9 Å². The lowest BCUT2D eigenvalue weighted by atomic mass is 10.1. The van der Waals surface area contributed by atoms with E-state index >= 15 is 0 Å². The van der Waals surface area contributed by atoms with E-state index in [0.717, 1.165) is 44.1 Å². The van der Waals surface area contributed by atoms with Gasteiger partial charge in [0.25, 0.3) is 0 Å². The number of guanidine groups is 1. The van der Waals surface area contributed by atoms with E-state index in [0.29, 0.717) is 0 Å². The Hall–Kier alpha value is -1.24. The molecule has 5 heteroatoms. The number of nitrogens with one attached hydrogen (secondary N) is 1. The van der Waals surface area contributed by atoms with Crippen molar-refractivity contribution in [2.24, 2.45) is 4.99 Å². The van der Waals surface area contributed by atoms with Crippen molar-refractivity contribution in [3.63, 3.8) is 0 Å². The standard InChI is InChI=1S/C17H27N3O.HI/c1-5-6-7-14-20(3)17(18-2)19-13-12-15-8-10-16(21-4)11-9-15;/h5,8-11H,1,6-7,12-14H2,2-4H3,(H,18,19);1H. The Labute approximate surface area is 151 Å². The smallest absolute Gasteiger partial charge is 0.193 e. The maximum absolute atomic E-state index is 5.16. The summed E-state index contributed by atoms with van der Waals surface area (Å²) in [6, 6.07) is 8.17. The van der Waals surface area contributed by atoms with E-state index in [4.69, 9.17) is 4.74 Å². The van der Waals surface area contributed by atoms with Crippen LogP contribution in [-0.4, -0.2) is 45.2 Å². The highest BCUT2D eigenvalue weighted by Crippen LogP contribution is 2.11. The SMILES string of the molecule is C=CCCCN(C)C(=NC)NCCc1ccc(OC)cc1.I. The van der Waals surface area contributed by atoms with Crippen LogP contribution in [0.15, 0.2) is 41.9 Å². The molecule has 0 heterocycles. The lowest BCUT2D eigenvalue weighted by Crippen LogP contribution is -2.40. The highest BCUT2D eigenvalue weighted by molar-refractivity contribution is 14.0. The highest BCUT2D eigenvalue weighted by Gasteiger charge is 2.04. The zero-order valence-electron chi connectivity index (χ0n) is 13.8. The van der Waals surface area contributed by atoms with Crippen LogP contribution in [0.4, 0.5) is 0 Å². The van der Waals surface area contributed by atoms with Crippen LogP contribution in [0.5, 0.6) is 5.75 Å². The van der Waals surface area contributed by atoms with Gasteiger partial charge >= 0.3 is 0 Å². The Morgan fingerprint density at radius 3 is 2.59 bits per heavy atom. The first-order valence-corrected chi connectivity index (χ1v) is 7.37. The molecular formula is C17H28IN3O. The number of hydrogen-bond donors (Lipinski definition) is 1. The molecule has 0 atom stereocenters. The Balaban J connectivity index is 0.00000441. The van der Waals surface area contributed by atoms with E-state index in [1.165, 1.54) is 5.56 Å². The molecule has 0 spiro atoms. The first-order valence-electron chi connectivity index (χ1n) is 7.37. The number of aliphatic imine (C=N–C) groups is 1. The molecule has 0 fully saturated rings. The molecule has 0 saturated carbocycles. The average Bonchev–Trinajstić information content (AvgIpc) is 2.52. The van der Waals surface area contributed by atoms with Crippen molar-refractivity contribution in [3.05, 3.63) is 42.5 Å². The molecule has 0 aromatic heterocycles. The zero-order valence-corrected chi connectivity index (χ0v) is 16.2. The third-order valence-corrected chi connectivity index (χ3v) is 3.33. The number of methoxy groups -OCH3 is 1. The van der Waals surface area contributed by atoms with E-state index in [1.807, 2.05) is 25.3 Å². The molecule has 0 unspecified atom stereocenters. The summed E-state index contributed by atoms with van der Waals surface area (Å²) in [5.74, 6) is 1.83. The molecule has 0 aliphatic heterocycles. The highest BCUT2D eigenvalue weighted by atomic mass is 127. The van der Waals surface area contributed by atoms with Crippen LogP contribution in [0, 0.1) is 0 Å². The summed E-state index contributed by atoms with van der Waals surface area (Å²) in [6.45, 7) is 5.59. The van der Waals surface area contributed by atoms with E-state index in [2.05, 4.69) is 41.0 Å². The maximum atomic E-state index is 5.16. The summed E-state index contributed by atoms with van der Waals surface area (Å²) in [6.07, 6.45) is 5.05. The van der Waals surface area contributed by atoms with Crippen LogP contribution in [0.25, 0.3) is 0 Å². The van der Waals surface area contributed by atoms with Gasteiger partial charge < -0.3 is 15.0 Å². The normalized spacial score (nSPS) is 10.6. The number of unbranched alkanes of at least 4 members (excludes halogenated alkanes) is 1. The molecule has 1 aromatic carbocycles. The van der Waals surface area contributed by atoms with Crippen molar-refractivity contribution in [1.29, 1.82) is 0 Å². The molecule has 1 aromatic rings. The second-order valence-corrected chi connectivity index (χ2v) is 4.92. The predicted molar refractivity (Wildman–Crippen MR) is 106 cm³/mol. The van der Waals surface area contributed by atoms with Crippen molar-refractivity contribution in [2.75, 3.05) is 34.3 Å². The Morgan fingerprint density at radius 2 is 2.05 bits per heavy atom. The summed E-state index contributed by atoms with van der Waals surface area (Å²) < 4.78 is 5.16. The van der Waals surface area contributed by atoms with Crippen LogP contribution in [-0.2, 0) is 6.42 Å². The van der Waals surface area contributed by atoms with Crippen LogP contribution in [0.1, 0.15) is 18.4 Å². The van der Waals surface area contributed by atoms with E-state index < -0.39 is 0 Å². The van der Waals surface area contributed by atoms with Gasteiger partial charge in [-0.2, -0.15) is 0 Å². The maximum Gasteiger partial charge on any atom is 0.193 e. The van der Waals surface area contributed by atoms with Crippen LogP contribution >= 0.6 is 24.0 Å². The zero-order chi connectivity index (χ0) is 15.5. The number of ether oxygens (including phenoxy) is 1. The fourth-order valence-electron chi connectivity index (χ4n) is 2.07. The van der Waals surface area contributed by atoms with Gasteiger partial charge in [0, 0.05) is 27.2 Å². The van der Waals surface area contributed by atoms with Gasteiger partial charge in [0.15, 0.2) is 5.96 Å². The minimum absolute atomic E-state index is 0. The van der Waals surface area contributed by atoms with Gasteiger partial charge in [-0.1, -0.05) is 18.2 Å². The first kappa shape index (κ1) is 20.8. The number of halogens is 1. The first-order chi connectivity index (χ1) is 10.2. The Bertz CT molecular complexity index is 446. The van der Waals surface area contributed by atoms with E-state index in [-0.39, 0.29) is 24.0 Å². The molecule has 0 aliphatic rings. The molecule has 1 rings (SSSR count). The quantitative estimate of drug-likeness (QED) is 0.232. The third kappa shape index (κ3) is 7.68. The Kier molecular flexibility index (Phi) is 11.6.